The van der Waals surface area contributed by atoms with Crippen LogP contribution in [0.3, 0.4) is 0 Å². The van der Waals surface area contributed by atoms with Gasteiger partial charge in [0.15, 0.2) is 6.61 Å². The number of phenols is 1. The fourth-order valence-electron chi connectivity index (χ4n) is 1.90. The molecule has 0 unspecified atom stereocenters. The van der Waals surface area contributed by atoms with Crippen LogP contribution in [0.4, 0.5) is 5.69 Å². The summed E-state index contributed by atoms with van der Waals surface area (Å²) in [5, 5.41) is 12.6. The summed E-state index contributed by atoms with van der Waals surface area (Å²) >= 11 is 5.69. The SMILES string of the molecule is Cc1ccc(NC(=O)COC(=O)c2ccc(Cl)cc2O)cc1C. The van der Waals surface area contributed by atoms with Gasteiger partial charge in [0.1, 0.15) is 11.3 Å². The third-order valence-electron chi connectivity index (χ3n) is 3.30. The highest BCUT2D eigenvalue weighted by Gasteiger charge is 2.14. The summed E-state index contributed by atoms with van der Waals surface area (Å²) in [5.74, 6) is -1.55. The minimum Gasteiger partial charge on any atom is -0.507 e. The molecule has 23 heavy (non-hydrogen) atoms. The first-order chi connectivity index (χ1) is 10.9. The molecule has 0 aliphatic heterocycles. The van der Waals surface area contributed by atoms with E-state index < -0.39 is 18.5 Å². The van der Waals surface area contributed by atoms with Gasteiger partial charge in [0, 0.05) is 10.7 Å². The highest BCUT2D eigenvalue weighted by atomic mass is 35.5. The second-order valence-electron chi connectivity index (χ2n) is 5.08. The lowest BCUT2D eigenvalue weighted by molar-refractivity contribution is -0.119. The van der Waals surface area contributed by atoms with Crippen LogP contribution in [0.1, 0.15) is 21.5 Å². The zero-order chi connectivity index (χ0) is 17.0. The normalized spacial score (nSPS) is 10.2. The Balaban J connectivity index is 1.93. The minimum atomic E-state index is -0.797. The van der Waals surface area contributed by atoms with E-state index in [0.29, 0.717) is 10.7 Å². The minimum absolute atomic E-state index is 0.0478. The van der Waals surface area contributed by atoms with Crippen molar-refractivity contribution in [3.05, 3.63) is 58.1 Å². The second kappa shape index (κ2) is 7.15. The standard InChI is InChI=1S/C17H16ClNO4/c1-10-3-5-13(7-11(10)2)19-16(21)9-23-17(22)14-6-4-12(18)8-15(14)20/h3-8,20H,9H2,1-2H3,(H,19,21). The lowest BCUT2D eigenvalue weighted by atomic mass is 10.1. The quantitative estimate of drug-likeness (QED) is 0.840. The monoisotopic (exact) mass is 333 g/mol. The smallest absolute Gasteiger partial charge is 0.342 e. The van der Waals surface area contributed by atoms with Gasteiger partial charge in [-0.15, -0.1) is 0 Å². The van der Waals surface area contributed by atoms with Crippen LogP contribution >= 0.6 is 11.6 Å². The first-order valence-corrected chi connectivity index (χ1v) is 7.27. The van der Waals surface area contributed by atoms with E-state index in [0.717, 1.165) is 11.1 Å². The van der Waals surface area contributed by atoms with Crippen molar-refractivity contribution >= 4 is 29.2 Å². The number of esters is 1. The van der Waals surface area contributed by atoms with E-state index in [1.807, 2.05) is 26.0 Å². The van der Waals surface area contributed by atoms with E-state index >= 15 is 0 Å². The molecule has 120 valence electrons. The number of phenolic OH excluding ortho intramolecular Hbond substituents is 1. The molecule has 0 aliphatic carbocycles. The van der Waals surface area contributed by atoms with E-state index in [2.05, 4.69) is 5.32 Å². The van der Waals surface area contributed by atoms with Gasteiger partial charge in [-0.1, -0.05) is 17.7 Å². The molecule has 2 N–H and O–H groups in total. The molecule has 0 bridgehead atoms. The number of nitrogens with one attached hydrogen (secondary N) is 1. The molecule has 0 saturated heterocycles. The van der Waals surface area contributed by atoms with Crippen molar-refractivity contribution in [3.8, 4) is 5.75 Å². The third kappa shape index (κ3) is 4.47. The van der Waals surface area contributed by atoms with Crippen molar-refractivity contribution in [2.45, 2.75) is 13.8 Å². The second-order valence-corrected chi connectivity index (χ2v) is 5.52. The molecule has 5 nitrogen and oxygen atoms in total. The van der Waals surface area contributed by atoms with Gasteiger partial charge < -0.3 is 15.2 Å². The average Bonchev–Trinajstić information content (AvgIpc) is 2.48. The van der Waals surface area contributed by atoms with Gasteiger partial charge in [-0.3, -0.25) is 4.79 Å². The number of ether oxygens (including phenoxy) is 1. The highest BCUT2D eigenvalue weighted by Crippen LogP contribution is 2.22. The maximum atomic E-state index is 11.8. The van der Waals surface area contributed by atoms with Crippen LogP contribution in [0.15, 0.2) is 36.4 Å². The molecule has 0 heterocycles. The van der Waals surface area contributed by atoms with Crippen LogP contribution in [0.25, 0.3) is 0 Å². The topological polar surface area (TPSA) is 75.6 Å². The van der Waals surface area contributed by atoms with Crippen molar-refractivity contribution in [1.82, 2.24) is 0 Å². The van der Waals surface area contributed by atoms with Crippen molar-refractivity contribution in [1.29, 1.82) is 0 Å². The number of halogens is 1. The number of carbonyl (C=O) groups is 2. The molecular weight excluding hydrogens is 318 g/mol. The number of hydrogen-bond acceptors (Lipinski definition) is 4. The fourth-order valence-corrected chi connectivity index (χ4v) is 2.07. The van der Waals surface area contributed by atoms with E-state index in [-0.39, 0.29) is 11.3 Å². The molecule has 2 rings (SSSR count). The number of rotatable bonds is 4. The van der Waals surface area contributed by atoms with Crippen LogP contribution in [-0.4, -0.2) is 23.6 Å². The zero-order valence-corrected chi connectivity index (χ0v) is 13.5. The molecule has 0 radical (unpaired) electrons. The van der Waals surface area contributed by atoms with Crippen molar-refractivity contribution in [2.24, 2.45) is 0 Å². The number of aryl methyl sites for hydroxylation is 2. The highest BCUT2D eigenvalue weighted by molar-refractivity contribution is 6.30. The van der Waals surface area contributed by atoms with Crippen molar-refractivity contribution in [2.75, 3.05) is 11.9 Å². The van der Waals surface area contributed by atoms with Gasteiger partial charge in [-0.05, 0) is 55.3 Å². The van der Waals surface area contributed by atoms with Crippen LogP contribution < -0.4 is 5.32 Å². The maximum absolute atomic E-state index is 11.8. The van der Waals surface area contributed by atoms with Crippen LogP contribution in [0.2, 0.25) is 5.02 Å². The summed E-state index contributed by atoms with van der Waals surface area (Å²) in [6.45, 7) is 3.46. The lowest BCUT2D eigenvalue weighted by Gasteiger charge is -2.09. The number of aromatic hydroxyl groups is 1. The van der Waals surface area contributed by atoms with Gasteiger partial charge in [-0.2, -0.15) is 0 Å². The summed E-state index contributed by atoms with van der Waals surface area (Å²) in [6, 6.07) is 9.51. The molecule has 0 spiro atoms. The Labute approximate surface area is 138 Å². The molecule has 0 saturated carbocycles. The van der Waals surface area contributed by atoms with Gasteiger partial charge in [0.05, 0.1) is 0 Å². The van der Waals surface area contributed by atoms with E-state index in [4.69, 9.17) is 16.3 Å². The first-order valence-electron chi connectivity index (χ1n) is 6.89. The first kappa shape index (κ1) is 16.8. The number of anilines is 1. The number of carbonyl (C=O) groups excluding carboxylic acids is 2. The van der Waals surface area contributed by atoms with Gasteiger partial charge >= 0.3 is 5.97 Å². The lowest BCUT2D eigenvalue weighted by Crippen LogP contribution is -2.21. The summed E-state index contributed by atoms with van der Waals surface area (Å²) in [4.78, 5) is 23.6. The Morgan fingerprint density at radius 1 is 1.13 bits per heavy atom. The van der Waals surface area contributed by atoms with Crippen LogP contribution in [0, 0.1) is 13.8 Å². The number of amides is 1. The van der Waals surface area contributed by atoms with Crippen molar-refractivity contribution < 1.29 is 19.4 Å². The summed E-state index contributed by atoms with van der Waals surface area (Å²) < 4.78 is 4.88. The Morgan fingerprint density at radius 3 is 2.52 bits per heavy atom. The van der Waals surface area contributed by atoms with Gasteiger partial charge in [0.2, 0.25) is 0 Å². The fraction of sp³-hybridized carbons (Fsp3) is 0.176. The molecule has 0 fully saturated rings. The Kier molecular flexibility index (Phi) is 5.24. The molecule has 6 heteroatoms. The number of hydrogen-bond donors (Lipinski definition) is 2. The predicted octanol–water partition coefficient (Wildman–Crippen LogP) is 3.46. The Hall–Kier alpha value is -2.53. The maximum Gasteiger partial charge on any atom is 0.342 e. The Bertz CT molecular complexity index is 758. The molecule has 0 aliphatic rings. The van der Waals surface area contributed by atoms with Crippen LogP contribution in [0.5, 0.6) is 5.75 Å². The molecule has 0 atom stereocenters. The summed E-state index contributed by atoms with van der Waals surface area (Å²) in [5.41, 5.74) is 2.75. The molecule has 0 aromatic heterocycles. The predicted molar refractivity (Wildman–Crippen MR) is 87.9 cm³/mol. The molecule has 2 aromatic rings. The molecule has 2 aromatic carbocycles. The van der Waals surface area contributed by atoms with Crippen LogP contribution in [-0.2, 0) is 9.53 Å². The van der Waals surface area contributed by atoms with Gasteiger partial charge in [0.25, 0.3) is 5.91 Å². The average molecular weight is 334 g/mol. The third-order valence-corrected chi connectivity index (χ3v) is 3.54. The Morgan fingerprint density at radius 2 is 1.87 bits per heavy atom. The largest absolute Gasteiger partial charge is 0.507 e. The molecular formula is C17H16ClNO4. The summed E-state index contributed by atoms with van der Waals surface area (Å²) in [6.07, 6.45) is 0. The van der Waals surface area contributed by atoms with E-state index in [1.165, 1.54) is 18.2 Å². The summed E-state index contributed by atoms with van der Waals surface area (Å²) in [7, 11) is 0. The van der Waals surface area contributed by atoms with Crippen molar-refractivity contribution in [3.63, 3.8) is 0 Å². The van der Waals surface area contributed by atoms with Gasteiger partial charge in [-0.25, -0.2) is 4.79 Å². The zero-order valence-electron chi connectivity index (χ0n) is 12.7. The van der Waals surface area contributed by atoms with E-state index in [9.17, 15) is 14.7 Å². The van der Waals surface area contributed by atoms with E-state index in [1.54, 1.807) is 6.07 Å². The molecule has 1 amide bonds. The number of benzene rings is 2.